The van der Waals surface area contributed by atoms with E-state index in [1.807, 2.05) is 60.0 Å². The first kappa shape index (κ1) is 23.2. The predicted molar refractivity (Wildman–Crippen MR) is 133 cm³/mol. The van der Waals surface area contributed by atoms with Crippen molar-refractivity contribution in [3.05, 3.63) is 76.1 Å². The Hall–Kier alpha value is -3.00. The minimum absolute atomic E-state index is 0.205. The number of hydrogen-bond donors (Lipinski definition) is 2. The minimum Gasteiger partial charge on any atom is -0.379 e. The highest BCUT2D eigenvalue weighted by Gasteiger charge is 2.15. The highest BCUT2D eigenvalue weighted by Crippen LogP contribution is 2.16. The third-order valence-electron chi connectivity index (χ3n) is 5.57. The van der Waals surface area contributed by atoms with E-state index in [1.54, 1.807) is 6.08 Å². The van der Waals surface area contributed by atoms with Crippen LogP contribution in [0.2, 0.25) is 0 Å². The van der Waals surface area contributed by atoms with E-state index in [0.29, 0.717) is 6.54 Å². The van der Waals surface area contributed by atoms with E-state index < -0.39 is 0 Å². The van der Waals surface area contributed by atoms with Crippen molar-refractivity contribution in [2.75, 3.05) is 39.4 Å². The van der Waals surface area contributed by atoms with Crippen LogP contribution in [0.3, 0.4) is 0 Å². The number of fused-ring (bicyclic) bond motifs is 1. The van der Waals surface area contributed by atoms with Gasteiger partial charge in [0.05, 0.1) is 19.6 Å². The van der Waals surface area contributed by atoms with Gasteiger partial charge in [-0.25, -0.2) is 0 Å². The highest BCUT2D eigenvalue weighted by atomic mass is 32.1. The van der Waals surface area contributed by atoms with E-state index in [9.17, 15) is 9.59 Å². The molecule has 0 radical (unpaired) electrons. The molecule has 4 rings (SSSR count). The van der Waals surface area contributed by atoms with Crippen LogP contribution >= 0.6 is 11.3 Å². The number of amides is 2. The van der Waals surface area contributed by atoms with Gasteiger partial charge in [0.1, 0.15) is 5.70 Å². The average Bonchev–Trinajstić information content (AvgIpc) is 3.35. The van der Waals surface area contributed by atoms with Crippen LogP contribution in [0.15, 0.2) is 65.7 Å². The number of nitrogens with one attached hydrogen (secondary N) is 2. The lowest BCUT2D eigenvalue weighted by molar-refractivity contribution is -0.123. The number of hydrogen-bond acceptors (Lipinski definition) is 5. The van der Waals surface area contributed by atoms with Gasteiger partial charge in [-0.3, -0.25) is 14.5 Å². The van der Waals surface area contributed by atoms with Crippen LogP contribution in [0.1, 0.15) is 16.9 Å². The molecule has 0 aliphatic carbocycles. The third-order valence-corrected chi connectivity index (χ3v) is 6.39. The molecule has 0 spiro atoms. The number of benzene rings is 2. The van der Waals surface area contributed by atoms with Gasteiger partial charge in [0.15, 0.2) is 0 Å². The van der Waals surface area contributed by atoms with Gasteiger partial charge in [0.2, 0.25) is 5.91 Å². The van der Waals surface area contributed by atoms with Crippen LogP contribution in [0, 0.1) is 0 Å². The van der Waals surface area contributed by atoms with Crippen LogP contribution in [-0.4, -0.2) is 56.1 Å². The largest absolute Gasteiger partial charge is 0.379 e. The quantitative estimate of drug-likeness (QED) is 0.377. The van der Waals surface area contributed by atoms with Crippen LogP contribution in [0.5, 0.6) is 0 Å². The van der Waals surface area contributed by atoms with E-state index in [-0.39, 0.29) is 23.9 Å². The van der Waals surface area contributed by atoms with E-state index in [0.717, 1.165) is 60.5 Å². The summed E-state index contributed by atoms with van der Waals surface area (Å²) in [6.45, 7) is 4.87. The Morgan fingerprint density at radius 3 is 2.64 bits per heavy atom. The van der Waals surface area contributed by atoms with E-state index >= 15 is 0 Å². The van der Waals surface area contributed by atoms with E-state index in [4.69, 9.17) is 4.74 Å². The summed E-state index contributed by atoms with van der Waals surface area (Å²) in [5.41, 5.74) is 1.18. The normalized spacial score (nSPS) is 14.8. The van der Waals surface area contributed by atoms with Crippen LogP contribution in [0.4, 0.5) is 0 Å². The van der Waals surface area contributed by atoms with Crippen molar-refractivity contribution in [3.63, 3.8) is 0 Å². The molecule has 2 heterocycles. The highest BCUT2D eigenvalue weighted by molar-refractivity contribution is 7.10. The molecule has 1 aromatic heterocycles. The molecule has 33 heavy (non-hydrogen) atoms. The van der Waals surface area contributed by atoms with Crippen molar-refractivity contribution in [1.29, 1.82) is 0 Å². The molecule has 7 heteroatoms. The van der Waals surface area contributed by atoms with Gasteiger partial charge in [-0.1, -0.05) is 48.5 Å². The molecule has 2 amide bonds. The van der Waals surface area contributed by atoms with Gasteiger partial charge in [-0.15, -0.1) is 11.3 Å². The summed E-state index contributed by atoms with van der Waals surface area (Å²) in [4.78, 5) is 28.9. The second kappa shape index (κ2) is 11.7. The topological polar surface area (TPSA) is 70.7 Å². The number of morpholine rings is 1. The van der Waals surface area contributed by atoms with Gasteiger partial charge >= 0.3 is 0 Å². The zero-order chi connectivity index (χ0) is 22.9. The Balaban J connectivity index is 1.35. The maximum Gasteiger partial charge on any atom is 0.267 e. The Morgan fingerprint density at radius 2 is 1.85 bits per heavy atom. The number of ether oxygens (including phenoxy) is 1. The molecule has 0 unspecified atom stereocenters. The first-order valence-electron chi connectivity index (χ1n) is 11.3. The molecule has 1 saturated heterocycles. The maximum atomic E-state index is 12.9. The summed E-state index contributed by atoms with van der Waals surface area (Å²) >= 11 is 1.52. The fourth-order valence-electron chi connectivity index (χ4n) is 3.83. The lowest BCUT2D eigenvalue weighted by Gasteiger charge is -2.26. The van der Waals surface area contributed by atoms with Crippen molar-refractivity contribution in [2.45, 2.75) is 12.8 Å². The van der Waals surface area contributed by atoms with Gasteiger partial charge < -0.3 is 15.4 Å². The predicted octanol–water partition coefficient (Wildman–Crippen LogP) is 3.44. The first-order valence-corrected chi connectivity index (χ1v) is 12.2. The van der Waals surface area contributed by atoms with Gasteiger partial charge in [0, 0.05) is 24.5 Å². The monoisotopic (exact) mass is 463 g/mol. The number of carbonyl (C=O) groups is 2. The lowest BCUT2D eigenvalue weighted by atomic mass is 10.0. The zero-order valence-electron chi connectivity index (χ0n) is 18.6. The van der Waals surface area contributed by atoms with E-state index in [2.05, 4.69) is 15.5 Å². The van der Waals surface area contributed by atoms with Crippen molar-refractivity contribution in [3.8, 4) is 0 Å². The minimum atomic E-state index is -0.266. The Bertz CT molecular complexity index is 1100. The molecule has 2 aromatic carbocycles. The number of rotatable bonds is 9. The molecule has 1 aliphatic rings. The van der Waals surface area contributed by atoms with Crippen LogP contribution < -0.4 is 10.6 Å². The van der Waals surface area contributed by atoms with E-state index in [1.165, 1.54) is 11.3 Å². The number of thiophene rings is 1. The molecule has 2 N–H and O–H groups in total. The van der Waals surface area contributed by atoms with Gasteiger partial charge in [0.25, 0.3) is 5.91 Å². The second-order valence-electron chi connectivity index (χ2n) is 8.04. The lowest BCUT2D eigenvalue weighted by Crippen LogP contribution is -2.39. The summed E-state index contributed by atoms with van der Waals surface area (Å²) in [5.74, 6) is -0.478. The Labute approximate surface area is 198 Å². The fourth-order valence-corrected chi connectivity index (χ4v) is 4.48. The molecule has 0 bridgehead atoms. The standard InChI is InChI=1S/C26H29N3O3S/c30-25(18-20-8-9-21-5-1-2-6-22(21)17-20)28-24(19-23-7-3-16-33-23)26(31)27-10-4-11-29-12-14-32-15-13-29/h1-3,5-9,16-17,19H,4,10-15,18H2,(H,27,31)(H,28,30)/b24-19+. The summed E-state index contributed by atoms with van der Waals surface area (Å²) < 4.78 is 5.37. The molecular weight excluding hydrogens is 434 g/mol. The SMILES string of the molecule is O=C(Cc1ccc2ccccc2c1)N/C(=C/c1cccs1)C(=O)NCCCN1CCOCC1. The van der Waals surface area contributed by atoms with Crippen molar-refractivity contribution < 1.29 is 14.3 Å². The average molecular weight is 464 g/mol. The molecule has 1 fully saturated rings. The van der Waals surface area contributed by atoms with Crippen molar-refractivity contribution in [1.82, 2.24) is 15.5 Å². The summed E-state index contributed by atoms with van der Waals surface area (Å²) in [7, 11) is 0. The third kappa shape index (κ3) is 6.99. The Morgan fingerprint density at radius 1 is 1.03 bits per heavy atom. The van der Waals surface area contributed by atoms with Gasteiger partial charge in [-0.05, 0) is 46.8 Å². The summed E-state index contributed by atoms with van der Waals surface area (Å²) in [6, 6.07) is 17.9. The van der Waals surface area contributed by atoms with Crippen molar-refractivity contribution >= 4 is 40.0 Å². The molecule has 1 aliphatic heterocycles. The number of carbonyl (C=O) groups excluding carboxylic acids is 2. The first-order chi connectivity index (χ1) is 16.2. The molecular formula is C26H29N3O3S. The Kier molecular flexibility index (Phi) is 8.24. The smallest absolute Gasteiger partial charge is 0.267 e. The molecule has 6 nitrogen and oxygen atoms in total. The van der Waals surface area contributed by atoms with Crippen LogP contribution in [0.25, 0.3) is 16.8 Å². The molecule has 172 valence electrons. The summed E-state index contributed by atoms with van der Waals surface area (Å²) in [6.07, 6.45) is 2.79. The summed E-state index contributed by atoms with van der Waals surface area (Å²) in [5, 5.41) is 9.96. The zero-order valence-corrected chi connectivity index (χ0v) is 19.4. The molecule has 3 aromatic rings. The van der Waals surface area contributed by atoms with Crippen LogP contribution in [-0.2, 0) is 20.7 Å². The maximum absolute atomic E-state index is 12.9. The molecule has 0 atom stereocenters. The van der Waals surface area contributed by atoms with Gasteiger partial charge in [-0.2, -0.15) is 0 Å². The van der Waals surface area contributed by atoms with Crippen molar-refractivity contribution in [2.24, 2.45) is 0 Å². The second-order valence-corrected chi connectivity index (χ2v) is 9.02. The fraction of sp³-hybridized carbons (Fsp3) is 0.308. The molecule has 0 saturated carbocycles. The number of nitrogens with zero attached hydrogens (tertiary/aromatic N) is 1.